The number of aromatic carboxylic acids is 1. The molecule has 0 bridgehead atoms. The Balaban J connectivity index is 2.26. The van der Waals surface area contributed by atoms with E-state index in [1.165, 1.54) is 21.8 Å². The first-order valence-electron chi connectivity index (χ1n) is 4.70. The van der Waals surface area contributed by atoms with Crippen molar-refractivity contribution >= 4 is 17.3 Å². The highest BCUT2D eigenvalue weighted by Gasteiger charge is 2.16. The van der Waals surface area contributed by atoms with E-state index in [1.807, 2.05) is 6.07 Å². The maximum Gasteiger partial charge on any atom is 0.345 e. The fourth-order valence-electron chi connectivity index (χ4n) is 1.71. The first kappa shape index (κ1) is 9.68. The quantitative estimate of drug-likeness (QED) is 0.765. The number of carboxylic acids is 1. The van der Waals surface area contributed by atoms with Gasteiger partial charge in [0.05, 0.1) is 0 Å². The summed E-state index contributed by atoms with van der Waals surface area (Å²) in [5.41, 5.74) is 1.23. The van der Waals surface area contributed by atoms with E-state index in [0.29, 0.717) is 4.88 Å². The molecule has 0 fully saturated rings. The van der Waals surface area contributed by atoms with Crippen molar-refractivity contribution < 1.29 is 9.90 Å². The molecule has 0 saturated heterocycles. The number of thiophene rings is 1. The molecule has 2 heterocycles. The average Bonchev–Trinajstić information content (AvgIpc) is 2.48. The molecular formula is C10H13NO2S. The Hall–Kier alpha value is -0.870. The number of hydrogen-bond acceptors (Lipinski definition) is 3. The Morgan fingerprint density at radius 2 is 2.21 bits per heavy atom. The van der Waals surface area contributed by atoms with Gasteiger partial charge in [-0.05, 0) is 31.5 Å². The van der Waals surface area contributed by atoms with Crippen LogP contribution in [0.4, 0.5) is 0 Å². The molecule has 0 unspecified atom stereocenters. The highest BCUT2D eigenvalue weighted by molar-refractivity contribution is 7.14. The molecule has 0 atom stereocenters. The van der Waals surface area contributed by atoms with Crippen molar-refractivity contribution in [3.8, 4) is 0 Å². The predicted molar refractivity (Wildman–Crippen MR) is 56.2 cm³/mol. The molecule has 4 heteroatoms. The Morgan fingerprint density at radius 1 is 1.50 bits per heavy atom. The van der Waals surface area contributed by atoms with E-state index in [4.69, 9.17) is 5.11 Å². The van der Waals surface area contributed by atoms with Gasteiger partial charge in [-0.2, -0.15) is 0 Å². The van der Waals surface area contributed by atoms with Crippen molar-refractivity contribution in [2.24, 2.45) is 0 Å². The van der Waals surface area contributed by atoms with Gasteiger partial charge >= 0.3 is 5.97 Å². The van der Waals surface area contributed by atoms with Gasteiger partial charge in [-0.3, -0.25) is 0 Å². The Labute approximate surface area is 87.0 Å². The van der Waals surface area contributed by atoms with Gasteiger partial charge in [-0.15, -0.1) is 11.3 Å². The Morgan fingerprint density at radius 3 is 2.93 bits per heavy atom. The molecule has 1 aliphatic heterocycles. The number of carboxylic acid groups (broad SMARTS) is 1. The third-order valence-electron chi connectivity index (χ3n) is 2.59. The van der Waals surface area contributed by atoms with E-state index in [0.717, 1.165) is 25.9 Å². The van der Waals surface area contributed by atoms with Crippen LogP contribution in [-0.2, 0) is 12.8 Å². The van der Waals surface area contributed by atoms with Crippen LogP contribution in [0.3, 0.4) is 0 Å². The van der Waals surface area contributed by atoms with Crippen LogP contribution < -0.4 is 0 Å². The summed E-state index contributed by atoms with van der Waals surface area (Å²) >= 11 is 1.43. The largest absolute Gasteiger partial charge is 0.477 e. The van der Waals surface area contributed by atoms with Gasteiger partial charge in [0.1, 0.15) is 4.88 Å². The molecule has 1 aliphatic rings. The molecule has 3 nitrogen and oxygen atoms in total. The van der Waals surface area contributed by atoms with Crippen LogP contribution in [-0.4, -0.2) is 36.1 Å². The van der Waals surface area contributed by atoms with Crippen molar-refractivity contribution in [1.82, 2.24) is 4.90 Å². The van der Waals surface area contributed by atoms with E-state index in [1.54, 1.807) is 0 Å². The third-order valence-corrected chi connectivity index (χ3v) is 3.82. The van der Waals surface area contributed by atoms with Gasteiger partial charge in [0.25, 0.3) is 0 Å². The molecule has 0 radical (unpaired) electrons. The molecule has 76 valence electrons. The van der Waals surface area contributed by atoms with Gasteiger partial charge in [-0.1, -0.05) is 0 Å². The van der Waals surface area contributed by atoms with Crippen LogP contribution in [0.25, 0.3) is 0 Å². The fraction of sp³-hybridized carbons (Fsp3) is 0.500. The first-order chi connectivity index (χ1) is 6.66. The molecule has 0 amide bonds. The third kappa shape index (κ3) is 1.81. The van der Waals surface area contributed by atoms with E-state index < -0.39 is 5.97 Å². The summed E-state index contributed by atoms with van der Waals surface area (Å²) in [6.45, 7) is 2.06. The first-order valence-corrected chi connectivity index (χ1v) is 5.52. The Kier molecular flexibility index (Phi) is 2.56. The second-order valence-corrected chi connectivity index (χ2v) is 4.80. The van der Waals surface area contributed by atoms with E-state index in [2.05, 4.69) is 11.9 Å². The monoisotopic (exact) mass is 211 g/mol. The van der Waals surface area contributed by atoms with E-state index in [9.17, 15) is 4.79 Å². The van der Waals surface area contributed by atoms with Crippen LogP contribution >= 0.6 is 11.3 Å². The fourth-order valence-corrected chi connectivity index (χ4v) is 2.75. The number of likely N-dealkylation sites (N-methyl/N-ethyl adjacent to an activating group) is 1. The molecule has 1 N–H and O–H groups in total. The van der Waals surface area contributed by atoms with Crippen LogP contribution in [0.1, 0.15) is 20.1 Å². The zero-order valence-electron chi connectivity index (χ0n) is 8.12. The summed E-state index contributed by atoms with van der Waals surface area (Å²) in [4.78, 5) is 14.8. The van der Waals surface area contributed by atoms with Crippen molar-refractivity contribution in [2.45, 2.75) is 12.8 Å². The lowest BCUT2D eigenvalue weighted by atomic mass is 10.1. The smallest absolute Gasteiger partial charge is 0.345 e. The minimum absolute atomic E-state index is 0.486. The average molecular weight is 211 g/mol. The number of hydrogen-bond donors (Lipinski definition) is 1. The highest BCUT2D eigenvalue weighted by Crippen LogP contribution is 2.25. The van der Waals surface area contributed by atoms with Gasteiger partial charge in [0.2, 0.25) is 0 Å². The normalized spacial score (nSPS) is 17.5. The zero-order chi connectivity index (χ0) is 10.1. The predicted octanol–water partition coefficient (Wildman–Crippen LogP) is 1.48. The number of rotatable bonds is 1. The second kappa shape index (κ2) is 3.71. The lowest BCUT2D eigenvalue weighted by Crippen LogP contribution is -2.20. The van der Waals surface area contributed by atoms with Crippen LogP contribution in [0, 0.1) is 0 Å². The van der Waals surface area contributed by atoms with Gasteiger partial charge in [0.15, 0.2) is 0 Å². The van der Waals surface area contributed by atoms with Crippen LogP contribution in [0.2, 0.25) is 0 Å². The highest BCUT2D eigenvalue weighted by atomic mass is 32.1. The summed E-state index contributed by atoms with van der Waals surface area (Å²) in [5, 5.41) is 8.86. The number of nitrogens with zero attached hydrogens (tertiary/aromatic N) is 1. The van der Waals surface area contributed by atoms with Crippen molar-refractivity contribution in [3.63, 3.8) is 0 Å². The van der Waals surface area contributed by atoms with E-state index >= 15 is 0 Å². The van der Waals surface area contributed by atoms with Crippen molar-refractivity contribution in [3.05, 3.63) is 21.4 Å². The maximum absolute atomic E-state index is 10.8. The SMILES string of the molecule is CN1CCc2cc(C(=O)O)sc2CC1. The molecule has 1 aromatic rings. The minimum Gasteiger partial charge on any atom is -0.477 e. The topological polar surface area (TPSA) is 40.5 Å². The summed E-state index contributed by atoms with van der Waals surface area (Å²) in [5.74, 6) is -0.795. The van der Waals surface area contributed by atoms with Gasteiger partial charge in [-0.25, -0.2) is 4.79 Å². The van der Waals surface area contributed by atoms with Crippen LogP contribution in [0.15, 0.2) is 6.07 Å². The lowest BCUT2D eigenvalue weighted by molar-refractivity contribution is 0.0702. The molecular weight excluding hydrogens is 198 g/mol. The van der Waals surface area contributed by atoms with E-state index in [-0.39, 0.29) is 0 Å². The summed E-state index contributed by atoms with van der Waals surface area (Å²) < 4.78 is 0. The van der Waals surface area contributed by atoms with Crippen molar-refractivity contribution in [1.29, 1.82) is 0 Å². The minimum atomic E-state index is -0.795. The summed E-state index contributed by atoms with van der Waals surface area (Å²) in [6, 6.07) is 1.83. The number of carbonyl (C=O) groups is 1. The number of fused-ring (bicyclic) bond motifs is 1. The molecule has 0 aromatic carbocycles. The van der Waals surface area contributed by atoms with Crippen LogP contribution in [0.5, 0.6) is 0 Å². The molecule has 2 rings (SSSR count). The maximum atomic E-state index is 10.8. The zero-order valence-corrected chi connectivity index (χ0v) is 8.93. The van der Waals surface area contributed by atoms with Gasteiger partial charge in [0, 0.05) is 18.0 Å². The van der Waals surface area contributed by atoms with Gasteiger partial charge < -0.3 is 10.0 Å². The molecule has 0 spiro atoms. The molecule has 0 aliphatic carbocycles. The van der Waals surface area contributed by atoms with Crippen molar-refractivity contribution in [2.75, 3.05) is 20.1 Å². The molecule has 1 aromatic heterocycles. The lowest BCUT2D eigenvalue weighted by Gasteiger charge is -2.11. The summed E-state index contributed by atoms with van der Waals surface area (Å²) in [6.07, 6.45) is 1.97. The summed E-state index contributed by atoms with van der Waals surface area (Å²) in [7, 11) is 2.11. The Bertz CT molecular complexity index is 334. The second-order valence-electron chi connectivity index (χ2n) is 3.67. The molecule has 14 heavy (non-hydrogen) atoms. The standard InChI is InChI=1S/C10H13NO2S/c1-11-4-2-7-6-9(10(12)13)14-8(7)3-5-11/h6H,2-5H2,1H3,(H,12,13). The molecule has 0 saturated carbocycles.